The summed E-state index contributed by atoms with van der Waals surface area (Å²) in [6.45, 7) is 0.411. The van der Waals surface area contributed by atoms with Crippen LogP contribution in [0.4, 0.5) is 4.79 Å². The topological polar surface area (TPSA) is 55.8 Å². The standard InChI is InChI=1S/C19H15BrINO4S/c1-22-18(23)17(27-19(22)24)8-12-7-15(25-2)16(9-14(12)20)26-10-11-3-5-13(21)6-4-11/h3-9H,10H2,1-2H3/b17-8-. The first-order chi connectivity index (χ1) is 12.9. The minimum atomic E-state index is -0.310. The van der Waals surface area contributed by atoms with Crippen LogP contribution in [0.25, 0.3) is 6.08 Å². The lowest BCUT2D eigenvalue weighted by Gasteiger charge is -2.13. The van der Waals surface area contributed by atoms with E-state index in [1.165, 1.54) is 7.05 Å². The van der Waals surface area contributed by atoms with Crippen molar-refractivity contribution in [2.75, 3.05) is 14.2 Å². The molecule has 1 aliphatic heterocycles. The van der Waals surface area contributed by atoms with E-state index in [1.807, 2.05) is 24.3 Å². The van der Waals surface area contributed by atoms with Gasteiger partial charge in [0.15, 0.2) is 11.5 Å². The van der Waals surface area contributed by atoms with Gasteiger partial charge in [-0.3, -0.25) is 14.5 Å². The number of likely N-dealkylation sites (N-methyl/N-ethyl adjacent to an activating group) is 1. The molecular formula is C19H15BrINO4S. The van der Waals surface area contributed by atoms with E-state index >= 15 is 0 Å². The van der Waals surface area contributed by atoms with Gasteiger partial charge in [0.25, 0.3) is 11.1 Å². The summed E-state index contributed by atoms with van der Waals surface area (Å²) in [6.07, 6.45) is 1.67. The summed E-state index contributed by atoms with van der Waals surface area (Å²) in [5.74, 6) is 0.823. The van der Waals surface area contributed by atoms with Gasteiger partial charge in [-0.2, -0.15) is 0 Å². The molecule has 0 radical (unpaired) electrons. The zero-order valence-corrected chi connectivity index (χ0v) is 19.1. The van der Waals surface area contributed by atoms with Crippen molar-refractivity contribution in [3.8, 4) is 11.5 Å². The predicted octanol–water partition coefficient (Wildman–Crippen LogP) is 5.31. The summed E-state index contributed by atoms with van der Waals surface area (Å²) < 4.78 is 13.2. The number of amides is 2. The molecule has 0 saturated carbocycles. The van der Waals surface area contributed by atoms with Crippen LogP contribution in [0.3, 0.4) is 0 Å². The molecule has 0 atom stereocenters. The number of imide groups is 1. The number of hydrogen-bond donors (Lipinski definition) is 0. The van der Waals surface area contributed by atoms with Gasteiger partial charge in [-0.25, -0.2) is 0 Å². The minimum Gasteiger partial charge on any atom is -0.493 e. The summed E-state index contributed by atoms with van der Waals surface area (Å²) in [6, 6.07) is 11.6. The molecule has 27 heavy (non-hydrogen) atoms. The Morgan fingerprint density at radius 1 is 1.19 bits per heavy atom. The van der Waals surface area contributed by atoms with Gasteiger partial charge in [0.05, 0.1) is 12.0 Å². The maximum absolute atomic E-state index is 12.1. The first-order valence-corrected chi connectivity index (χ1v) is 10.5. The third kappa shape index (κ3) is 4.67. The highest BCUT2D eigenvalue weighted by Crippen LogP contribution is 2.37. The Morgan fingerprint density at radius 2 is 1.89 bits per heavy atom. The van der Waals surface area contributed by atoms with Gasteiger partial charge < -0.3 is 9.47 Å². The number of carbonyl (C=O) groups excluding carboxylic acids is 2. The molecule has 140 valence electrons. The minimum absolute atomic E-state index is 0.285. The van der Waals surface area contributed by atoms with Crippen LogP contribution >= 0.6 is 50.3 Å². The number of rotatable bonds is 5. The summed E-state index contributed by atoms with van der Waals surface area (Å²) in [5, 5.41) is -0.285. The summed E-state index contributed by atoms with van der Waals surface area (Å²) >= 11 is 6.68. The van der Waals surface area contributed by atoms with Gasteiger partial charge in [-0.05, 0) is 75.8 Å². The number of benzene rings is 2. The Labute approximate surface area is 183 Å². The Balaban J connectivity index is 1.84. The molecule has 1 fully saturated rings. The zero-order chi connectivity index (χ0) is 19.6. The van der Waals surface area contributed by atoms with E-state index in [0.717, 1.165) is 35.8 Å². The van der Waals surface area contributed by atoms with Crippen LogP contribution in [-0.2, 0) is 11.4 Å². The van der Waals surface area contributed by atoms with Crippen LogP contribution in [0.1, 0.15) is 11.1 Å². The average Bonchev–Trinajstić information content (AvgIpc) is 2.89. The number of thioether (sulfide) groups is 1. The van der Waals surface area contributed by atoms with E-state index in [-0.39, 0.29) is 11.1 Å². The average molecular weight is 560 g/mol. The second-order valence-electron chi connectivity index (χ2n) is 5.68. The third-order valence-corrected chi connectivity index (χ3v) is 6.23. The lowest BCUT2D eigenvalue weighted by atomic mass is 10.1. The van der Waals surface area contributed by atoms with E-state index in [4.69, 9.17) is 9.47 Å². The van der Waals surface area contributed by atoms with Crippen molar-refractivity contribution in [3.05, 3.63) is 60.5 Å². The fourth-order valence-corrected chi connectivity index (χ4v) is 3.98. The molecule has 0 bridgehead atoms. The quantitative estimate of drug-likeness (QED) is 0.367. The van der Waals surface area contributed by atoms with E-state index in [0.29, 0.717) is 23.0 Å². The molecule has 0 aliphatic carbocycles. The van der Waals surface area contributed by atoms with Crippen LogP contribution < -0.4 is 9.47 Å². The molecule has 1 heterocycles. The van der Waals surface area contributed by atoms with Crippen molar-refractivity contribution >= 4 is 67.5 Å². The third-order valence-electron chi connectivity index (χ3n) is 3.86. The molecule has 1 aliphatic rings. The number of ether oxygens (including phenoxy) is 2. The van der Waals surface area contributed by atoms with Crippen LogP contribution in [-0.4, -0.2) is 30.2 Å². The van der Waals surface area contributed by atoms with E-state index in [9.17, 15) is 9.59 Å². The van der Waals surface area contributed by atoms with Crippen LogP contribution in [0.2, 0.25) is 0 Å². The van der Waals surface area contributed by atoms with Gasteiger partial charge in [-0.15, -0.1) is 0 Å². The van der Waals surface area contributed by atoms with Gasteiger partial charge in [0.1, 0.15) is 6.61 Å². The number of methoxy groups -OCH3 is 1. The normalized spacial score (nSPS) is 15.6. The largest absolute Gasteiger partial charge is 0.493 e. The zero-order valence-electron chi connectivity index (χ0n) is 14.5. The van der Waals surface area contributed by atoms with Crippen LogP contribution in [0, 0.1) is 3.57 Å². The monoisotopic (exact) mass is 559 g/mol. The summed E-state index contributed by atoms with van der Waals surface area (Å²) in [4.78, 5) is 25.2. The maximum atomic E-state index is 12.1. The molecule has 8 heteroatoms. The number of hydrogen-bond acceptors (Lipinski definition) is 5. The molecule has 3 rings (SSSR count). The SMILES string of the molecule is COc1cc(/C=C2\SC(=O)N(C)C2=O)c(Br)cc1OCc1ccc(I)cc1. The van der Waals surface area contributed by atoms with E-state index < -0.39 is 0 Å². The number of carbonyl (C=O) groups is 2. The van der Waals surface area contributed by atoms with Gasteiger partial charge in [0, 0.05) is 15.1 Å². The van der Waals surface area contributed by atoms with E-state index in [1.54, 1.807) is 25.3 Å². The number of nitrogens with zero attached hydrogens (tertiary/aromatic N) is 1. The lowest BCUT2D eigenvalue weighted by Crippen LogP contribution is -2.22. The highest BCUT2D eigenvalue weighted by Gasteiger charge is 2.32. The lowest BCUT2D eigenvalue weighted by molar-refractivity contribution is -0.121. The van der Waals surface area contributed by atoms with Crippen molar-refractivity contribution in [2.24, 2.45) is 0 Å². The molecular weight excluding hydrogens is 545 g/mol. The molecule has 2 aromatic rings. The molecule has 2 amide bonds. The Bertz CT molecular complexity index is 930. The van der Waals surface area contributed by atoms with Gasteiger partial charge >= 0.3 is 0 Å². The second kappa shape index (κ2) is 8.66. The Morgan fingerprint density at radius 3 is 2.48 bits per heavy atom. The molecule has 5 nitrogen and oxygen atoms in total. The maximum Gasteiger partial charge on any atom is 0.293 e. The van der Waals surface area contributed by atoms with E-state index in [2.05, 4.69) is 38.5 Å². The fourth-order valence-electron chi connectivity index (χ4n) is 2.36. The molecule has 1 saturated heterocycles. The highest BCUT2D eigenvalue weighted by atomic mass is 127. The van der Waals surface area contributed by atoms with Crippen molar-refractivity contribution in [1.29, 1.82) is 0 Å². The molecule has 0 N–H and O–H groups in total. The van der Waals surface area contributed by atoms with Crippen molar-refractivity contribution < 1.29 is 19.1 Å². The summed E-state index contributed by atoms with van der Waals surface area (Å²) in [7, 11) is 3.03. The molecule has 2 aromatic carbocycles. The first-order valence-electron chi connectivity index (χ1n) is 7.85. The predicted molar refractivity (Wildman–Crippen MR) is 118 cm³/mol. The van der Waals surface area contributed by atoms with Crippen LogP contribution in [0.15, 0.2) is 45.8 Å². The van der Waals surface area contributed by atoms with Gasteiger partial charge in [-0.1, -0.05) is 28.1 Å². The van der Waals surface area contributed by atoms with Crippen LogP contribution in [0.5, 0.6) is 11.5 Å². The van der Waals surface area contributed by atoms with Crippen molar-refractivity contribution in [3.63, 3.8) is 0 Å². The molecule has 0 unspecified atom stereocenters. The smallest absolute Gasteiger partial charge is 0.293 e. The first kappa shape index (κ1) is 20.2. The highest BCUT2D eigenvalue weighted by molar-refractivity contribution is 14.1. The summed E-state index contributed by atoms with van der Waals surface area (Å²) in [5.41, 5.74) is 1.78. The Kier molecular flexibility index (Phi) is 6.48. The second-order valence-corrected chi connectivity index (χ2v) is 8.77. The molecule has 0 spiro atoms. The van der Waals surface area contributed by atoms with Gasteiger partial charge in [0.2, 0.25) is 0 Å². The van der Waals surface area contributed by atoms with Crippen molar-refractivity contribution in [2.45, 2.75) is 6.61 Å². The van der Waals surface area contributed by atoms with Crippen molar-refractivity contribution in [1.82, 2.24) is 4.90 Å². The number of halogens is 2. The Hall–Kier alpha value is -1.52. The molecule has 0 aromatic heterocycles. The fraction of sp³-hybridized carbons (Fsp3) is 0.158.